The molecule has 0 aromatic carbocycles. The van der Waals surface area contributed by atoms with E-state index < -0.39 is 0 Å². The maximum Gasteiger partial charge on any atom is 0.223 e. The number of hydrogen-bond acceptors (Lipinski definition) is 3. The summed E-state index contributed by atoms with van der Waals surface area (Å²) in [5, 5.41) is 0. The van der Waals surface area contributed by atoms with Crippen LogP contribution in [0.2, 0.25) is 0 Å². The molecule has 12 heavy (non-hydrogen) atoms. The average Bonchev–Trinajstić information content (AvgIpc) is 2.65. The minimum Gasteiger partial charge on any atom is -0.478 e. The van der Waals surface area contributed by atoms with Gasteiger partial charge in [-0.3, -0.25) is 9.79 Å². The Morgan fingerprint density at radius 3 is 3.08 bits per heavy atom. The van der Waals surface area contributed by atoms with Gasteiger partial charge in [-0.2, -0.15) is 0 Å². The van der Waals surface area contributed by atoms with Crippen molar-refractivity contribution in [1.82, 2.24) is 4.90 Å². The van der Waals surface area contributed by atoms with Gasteiger partial charge in [-0.1, -0.05) is 0 Å². The molecule has 0 bridgehead atoms. The second-order valence-corrected chi connectivity index (χ2v) is 3.04. The normalized spacial score (nSPS) is 22.8. The molecular formula is C8H12N2O2. The Kier molecular flexibility index (Phi) is 1.98. The first-order chi connectivity index (χ1) is 5.86. The first-order valence-electron chi connectivity index (χ1n) is 4.30. The molecule has 0 atom stereocenters. The maximum atomic E-state index is 11.2. The summed E-state index contributed by atoms with van der Waals surface area (Å²) >= 11 is 0. The quantitative estimate of drug-likeness (QED) is 0.584. The zero-order valence-corrected chi connectivity index (χ0v) is 6.95. The van der Waals surface area contributed by atoms with E-state index in [2.05, 4.69) is 4.99 Å². The van der Waals surface area contributed by atoms with Gasteiger partial charge in [-0.25, -0.2) is 0 Å². The number of carbonyl (C=O) groups is 1. The lowest BCUT2D eigenvalue weighted by molar-refractivity contribution is -0.127. The van der Waals surface area contributed by atoms with Gasteiger partial charge < -0.3 is 9.64 Å². The molecule has 1 saturated heterocycles. The van der Waals surface area contributed by atoms with Gasteiger partial charge in [0.2, 0.25) is 11.8 Å². The van der Waals surface area contributed by atoms with Crippen molar-refractivity contribution in [2.24, 2.45) is 4.99 Å². The van der Waals surface area contributed by atoms with Gasteiger partial charge in [0.15, 0.2) is 0 Å². The topological polar surface area (TPSA) is 41.9 Å². The summed E-state index contributed by atoms with van der Waals surface area (Å²) in [4.78, 5) is 17.1. The number of aliphatic imine (C=N–C) groups is 1. The van der Waals surface area contributed by atoms with Crippen LogP contribution < -0.4 is 0 Å². The smallest absolute Gasteiger partial charge is 0.223 e. The van der Waals surface area contributed by atoms with Crippen LogP contribution in [0.15, 0.2) is 4.99 Å². The molecule has 0 radical (unpaired) electrons. The zero-order valence-electron chi connectivity index (χ0n) is 6.95. The number of carbonyl (C=O) groups excluding carboxylic acids is 1. The third kappa shape index (κ3) is 1.42. The Labute approximate surface area is 71.2 Å². The predicted molar refractivity (Wildman–Crippen MR) is 44.1 cm³/mol. The first kappa shape index (κ1) is 7.58. The van der Waals surface area contributed by atoms with Crippen molar-refractivity contribution in [2.75, 3.05) is 26.2 Å². The lowest BCUT2D eigenvalue weighted by Gasteiger charge is -2.14. The van der Waals surface area contributed by atoms with Crippen LogP contribution in [-0.2, 0) is 9.53 Å². The van der Waals surface area contributed by atoms with E-state index in [0.29, 0.717) is 19.6 Å². The third-order valence-corrected chi connectivity index (χ3v) is 2.15. The Morgan fingerprint density at radius 1 is 1.58 bits per heavy atom. The Balaban J connectivity index is 1.89. The minimum absolute atomic E-state index is 0.230. The Hall–Kier alpha value is -1.06. The van der Waals surface area contributed by atoms with Gasteiger partial charge in [0.1, 0.15) is 6.61 Å². The van der Waals surface area contributed by atoms with Crippen molar-refractivity contribution in [1.29, 1.82) is 0 Å². The third-order valence-electron chi connectivity index (χ3n) is 2.15. The number of likely N-dealkylation sites (tertiary alicyclic amines) is 1. The summed E-state index contributed by atoms with van der Waals surface area (Å²) in [6.07, 6.45) is 1.67. The van der Waals surface area contributed by atoms with Gasteiger partial charge in [0.25, 0.3) is 0 Å². The summed E-state index contributed by atoms with van der Waals surface area (Å²) in [5.41, 5.74) is 0. The van der Waals surface area contributed by atoms with E-state index in [0.717, 1.165) is 25.4 Å². The summed E-state index contributed by atoms with van der Waals surface area (Å²) in [6, 6.07) is 0. The molecule has 2 rings (SSSR count). The summed E-state index contributed by atoms with van der Waals surface area (Å²) in [5.74, 6) is 0.957. The molecule has 4 nitrogen and oxygen atoms in total. The number of rotatable bonds is 2. The number of amides is 1. The highest BCUT2D eigenvalue weighted by Gasteiger charge is 2.22. The van der Waals surface area contributed by atoms with E-state index >= 15 is 0 Å². The van der Waals surface area contributed by atoms with Gasteiger partial charge in [-0.15, -0.1) is 0 Å². The molecule has 0 aliphatic carbocycles. The molecule has 0 aromatic heterocycles. The molecule has 2 aliphatic rings. The molecular weight excluding hydrogens is 156 g/mol. The van der Waals surface area contributed by atoms with E-state index in [1.807, 2.05) is 4.90 Å². The van der Waals surface area contributed by atoms with Crippen molar-refractivity contribution >= 4 is 11.8 Å². The van der Waals surface area contributed by atoms with Crippen LogP contribution in [0.1, 0.15) is 12.8 Å². The molecule has 0 spiro atoms. The van der Waals surface area contributed by atoms with E-state index in [4.69, 9.17) is 4.74 Å². The van der Waals surface area contributed by atoms with E-state index in [1.54, 1.807) is 0 Å². The van der Waals surface area contributed by atoms with Gasteiger partial charge in [-0.05, 0) is 6.42 Å². The standard InChI is InChI=1S/C8H12N2O2/c11-8-2-1-4-10(8)6-7-9-3-5-12-7/h1-6H2. The van der Waals surface area contributed by atoms with Crippen molar-refractivity contribution in [3.05, 3.63) is 0 Å². The minimum atomic E-state index is 0.230. The van der Waals surface area contributed by atoms with Crippen LogP contribution in [0.3, 0.4) is 0 Å². The lowest BCUT2D eigenvalue weighted by Crippen LogP contribution is -2.30. The predicted octanol–water partition coefficient (Wildman–Crippen LogP) is 0.0375. The monoisotopic (exact) mass is 168 g/mol. The Bertz CT molecular complexity index is 225. The summed E-state index contributed by atoms with van der Waals surface area (Å²) in [7, 11) is 0. The molecule has 2 heterocycles. The summed E-state index contributed by atoms with van der Waals surface area (Å²) < 4.78 is 5.22. The highest BCUT2D eigenvalue weighted by molar-refractivity contribution is 5.86. The van der Waals surface area contributed by atoms with Gasteiger partial charge >= 0.3 is 0 Å². The average molecular weight is 168 g/mol. The molecule has 0 unspecified atom stereocenters. The van der Waals surface area contributed by atoms with Crippen molar-refractivity contribution in [3.8, 4) is 0 Å². The van der Waals surface area contributed by atoms with Crippen molar-refractivity contribution < 1.29 is 9.53 Å². The SMILES string of the molecule is O=C1CCCN1CC1=NCCO1. The molecule has 1 fully saturated rings. The van der Waals surface area contributed by atoms with E-state index in [1.165, 1.54) is 0 Å². The van der Waals surface area contributed by atoms with Crippen LogP contribution in [-0.4, -0.2) is 42.9 Å². The molecule has 0 saturated carbocycles. The van der Waals surface area contributed by atoms with E-state index in [-0.39, 0.29) is 5.91 Å². The number of ether oxygens (including phenoxy) is 1. The molecule has 66 valence electrons. The van der Waals surface area contributed by atoms with Crippen LogP contribution in [0, 0.1) is 0 Å². The maximum absolute atomic E-state index is 11.2. The first-order valence-corrected chi connectivity index (χ1v) is 4.30. The lowest BCUT2D eigenvalue weighted by atomic mass is 10.4. The van der Waals surface area contributed by atoms with Gasteiger partial charge in [0, 0.05) is 13.0 Å². The van der Waals surface area contributed by atoms with Crippen LogP contribution in [0.4, 0.5) is 0 Å². The second-order valence-electron chi connectivity index (χ2n) is 3.04. The summed E-state index contributed by atoms with van der Waals surface area (Å²) in [6.45, 7) is 2.87. The Morgan fingerprint density at radius 2 is 2.50 bits per heavy atom. The fourth-order valence-electron chi connectivity index (χ4n) is 1.51. The molecule has 1 amide bonds. The molecule has 2 aliphatic heterocycles. The van der Waals surface area contributed by atoms with E-state index in [9.17, 15) is 4.79 Å². The fraction of sp³-hybridized carbons (Fsp3) is 0.750. The molecule has 4 heteroatoms. The number of nitrogens with zero attached hydrogens (tertiary/aromatic N) is 2. The second kappa shape index (κ2) is 3.13. The van der Waals surface area contributed by atoms with Gasteiger partial charge in [0.05, 0.1) is 13.1 Å². The highest BCUT2D eigenvalue weighted by Crippen LogP contribution is 2.10. The fourth-order valence-corrected chi connectivity index (χ4v) is 1.51. The van der Waals surface area contributed by atoms with Crippen molar-refractivity contribution in [2.45, 2.75) is 12.8 Å². The molecule has 0 N–H and O–H groups in total. The van der Waals surface area contributed by atoms with Crippen LogP contribution >= 0.6 is 0 Å². The largest absolute Gasteiger partial charge is 0.478 e. The molecule has 0 aromatic rings. The number of hydrogen-bond donors (Lipinski definition) is 0. The van der Waals surface area contributed by atoms with Crippen LogP contribution in [0.5, 0.6) is 0 Å². The van der Waals surface area contributed by atoms with Crippen molar-refractivity contribution in [3.63, 3.8) is 0 Å². The zero-order chi connectivity index (χ0) is 8.39. The highest BCUT2D eigenvalue weighted by atomic mass is 16.5. The van der Waals surface area contributed by atoms with Crippen LogP contribution in [0.25, 0.3) is 0 Å².